The van der Waals surface area contributed by atoms with Gasteiger partial charge in [-0.25, -0.2) is 0 Å². The summed E-state index contributed by atoms with van der Waals surface area (Å²) in [6.45, 7) is 0. The fourth-order valence-electron chi connectivity index (χ4n) is 3.04. The molecule has 4 rings (SSSR count). The van der Waals surface area contributed by atoms with Crippen molar-refractivity contribution in [2.45, 2.75) is 31.8 Å². The van der Waals surface area contributed by atoms with E-state index >= 15 is 0 Å². The molecule has 1 saturated carbocycles. The third-order valence-corrected chi connectivity index (χ3v) is 4.37. The summed E-state index contributed by atoms with van der Waals surface area (Å²) in [5, 5.41) is 4.04. The Balaban J connectivity index is 1.59. The van der Waals surface area contributed by atoms with Crippen LogP contribution in [0.1, 0.15) is 25.7 Å². The minimum absolute atomic E-state index is 0.279. The van der Waals surface area contributed by atoms with Crippen LogP contribution in [0, 0.1) is 0 Å². The van der Waals surface area contributed by atoms with Gasteiger partial charge in [0.15, 0.2) is 11.5 Å². The highest BCUT2D eigenvalue weighted by atomic mass is 16.5. The Morgan fingerprint density at radius 3 is 2.56 bits per heavy atom. The lowest BCUT2D eigenvalue weighted by Gasteiger charge is -2.16. The maximum Gasteiger partial charge on any atom is 0.258 e. The van der Waals surface area contributed by atoms with Crippen molar-refractivity contribution in [3.8, 4) is 34.3 Å². The fourth-order valence-corrected chi connectivity index (χ4v) is 3.04. The van der Waals surface area contributed by atoms with Crippen LogP contribution < -0.4 is 9.47 Å². The van der Waals surface area contributed by atoms with Gasteiger partial charge in [0.25, 0.3) is 5.89 Å². The molecule has 3 aromatic rings. The van der Waals surface area contributed by atoms with Gasteiger partial charge in [-0.05, 0) is 56.0 Å². The first-order valence-electron chi connectivity index (χ1n) is 8.42. The number of nitrogens with zero attached hydrogens (tertiary/aromatic N) is 3. The lowest BCUT2D eigenvalue weighted by molar-refractivity contribution is 0.201. The zero-order valence-electron chi connectivity index (χ0n) is 14.0. The molecule has 0 saturated heterocycles. The number of methoxy groups -OCH3 is 1. The van der Waals surface area contributed by atoms with Crippen LogP contribution in [0.3, 0.4) is 0 Å². The van der Waals surface area contributed by atoms with Gasteiger partial charge in [0.2, 0.25) is 5.82 Å². The van der Waals surface area contributed by atoms with E-state index in [2.05, 4.69) is 15.1 Å². The van der Waals surface area contributed by atoms with Crippen LogP contribution in [0.2, 0.25) is 0 Å². The van der Waals surface area contributed by atoms with Crippen molar-refractivity contribution >= 4 is 0 Å². The summed E-state index contributed by atoms with van der Waals surface area (Å²) in [4.78, 5) is 8.45. The number of benzene rings is 1. The Hall–Kier alpha value is -2.89. The summed E-state index contributed by atoms with van der Waals surface area (Å²) in [5.74, 6) is 2.40. The van der Waals surface area contributed by atoms with Crippen LogP contribution in [0.4, 0.5) is 0 Å². The minimum atomic E-state index is 0.279. The van der Waals surface area contributed by atoms with Gasteiger partial charge in [0.05, 0.1) is 13.2 Å². The van der Waals surface area contributed by atoms with E-state index in [1.54, 1.807) is 19.5 Å². The largest absolute Gasteiger partial charge is 0.493 e. The highest BCUT2D eigenvalue weighted by Crippen LogP contribution is 2.35. The molecule has 128 valence electrons. The molecular weight excluding hydrogens is 318 g/mol. The first kappa shape index (κ1) is 15.6. The molecule has 0 radical (unpaired) electrons. The first-order valence-corrected chi connectivity index (χ1v) is 8.42. The van der Waals surface area contributed by atoms with Gasteiger partial charge in [-0.3, -0.25) is 4.98 Å². The predicted octanol–water partition coefficient (Wildman–Crippen LogP) is 4.13. The maximum atomic E-state index is 6.06. The molecule has 0 amide bonds. The number of rotatable bonds is 5. The molecule has 0 N–H and O–H groups in total. The highest BCUT2D eigenvalue weighted by molar-refractivity contribution is 5.62. The molecule has 0 bridgehead atoms. The Morgan fingerprint density at radius 2 is 1.80 bits per heavy atom. The second-order valence-electron chi connectivity index (χ2n) is 6.05. The second kappa shape index (κ2) is 6.93. The van der Waals surface area contributed by atoms with E-state index in [1.807, 2.05) is 30.3 Å². The topological polar surface area (TPSA) is 70.3 Å². The molecule has 0 atom stereocenters. The molecule has 0 unspecified atom stereocenters. The average Bonchev–Trinajstić information content (AvgIpc) is 3.35. The molecule has 1 aliphatic carbocycles. The molecule has 2 heterocycles. The normalized spacial score (nSPS) is 14.6. The Labute approximate surface area is 145 Å². The highest BCUT2D eigenvalue weighted by Gasteiger charge is 2.19. The number of ether oxygens (including phenoxy) is 2. The van der Waals surface area contributed by atoms with E-state index in [-0.39, 0.29) is 6.10 Å². The van der Waals surface area contributed by atoms with Crippen molar-refractivity contribution in [1.82, 2.24) is 15.1 Å². The summed E-state index contributed by atoms with van der Waals surface area (Å²) in [6, 6.07) is 9.37. The zero-order chi connectivity index (χ0) is 17.1. The van der Waals surface area contributed by atoms with Crippen LogP contribution in [-0.2, 0) is 0 Å². The van der Waals surface area contributed by atoms with Gasteiger partial charge >= 0.3 is 0 Å². The minimum Gasteiger partial charge on any atom is -0.493 e. The molecule has 1 aromatic carbocycles. The summed E-state index contributed by atoms with van der Waals surface area (Å²) < 4.78 is 17.0. The molecule has 1 fully saturated rings. The predicted molar refractivity (Wildman–Crippen MR) is 92.4 cm³/mol. The van der Waals surface area contributed by atoms with E-state index < -0.39 is 0 Å². The summed E-state index contributed by atoms with van der Waals surface area (Å²) in [7, 11) is 1.64. The fraction of sp³-hybridized carbons (Fsp3) is 0.316. The molecule has 1 aliphatic rings. The monoisotopic (exact) mass is 337 g/mol. The van der Waals surface area contributed by atoms with E-state index in [1.165, 1.54) is 12.8 Å². The van der Waals surface area contributed by atoms with Crippen molar-refractivity contribution in [2.24, 2.45) is 0 Å². The van der Waals surface area contributed by atoms with Crippen molar-refractivity contribution in [2.75, 3.05) is 7.11 Å². The number of hydrogen-bond donors (Lipinski definition) is 0. The first-order chi connectivity index (χ1) is 12.3. The third-order valence-electron chi connectivity index (χ3n) is 4.37. The van der Waals surface area contributed by atoms with E-state index in [9.17, 15) is 0 Å². The van der Waals surface area contributed by atoms with Crippen molar-refractivity contribution in [3.63, 3.8) is 0 Å². The zero-order valence-corrected chi connectivity index (χ0v) is 14.0. The van der Waals surface area contributed by atoms with Gasteiger partial charge in [-0.15, -0.1) is 0 Å². The smallest absolute Gasteiger partial charge is 0.258 e. The SMILES string of the molecule is COc1cc(-c2nc(-c3ccncc3)no2)ccc1OC1CCCC1. The van der Waals surface area contributed by atoms with E-state index in [4.69, 9.17) is 14.0 Å². The summed E-state index contributed by atoms with van der Waals surface area (Å²) in [6.07, 6.45) is 8.33. The lowest BCUT2D eigenvalue weighted by atomic mass is 10.2. The molecule has 6 nitrogen and oxygen atoms in total. The van der Waals surface area contributed by atoms with Crippen LogP contribution >= 0.6 is 0 Å². The summed E-state index contributed by atoms with van der Waals surface area (Å²) >= 11 is 0. The lowest BCUT2D eigenvalue weighted by Crippen LogP contribution is -2.11. The van der Waals surface area contributed by atoms with Gasteiger partial charge in [0, 0.05) is 23.5 Å². The van der Waals surface area contributed by atoms with Crippen molar-refractivity contribution in [1.29, 1.82) is 0 Å². The van der Waals surface area contributed by atoms with Gasteiger partial charge in [-0.1, -0.05) is 5.16 Å². The number of pyridine rings is 1. The average molecular weight is 337 g/mol. The molecule has 0 aliphatic heterocycles. The third kappa shape index (κ3) is 3.33. The van der Waals surface area contributed by atoms with Gasteiger partial charge < -0.3 is 14.0 Å². The number of aromatic nitrogens is 3. The van der Waals surface area contributed by atoms with Crippen LogP contribution in [0.15, 0.2) is 47.2 Å². The van der Waals surface area contributed by atoms with Crippen LogP contribution in [0.25, 0.3) is 22.8 Å². The van der Waals surface area contributed by atoms with Crippen molar-refractivity contribution < 1.29 is 14.0 Å². The van der Waals surface area contributed by atoms with Crippen LogP contribution in [0.5, 0.6) is 11.5 Å². The Kier molecular flexibility index (Phi) is 4.33. The van der Waals surface area contributed by atoms with E-state index in [0.717, 1.165) is 29.7 Å². The second-order valence-corrected chi connectivity index (χ2v) is 6.05. The Bertz CT molecular complexity index is 842. The molecule has 25 heavy (non-hydrogen) atoms. The van der Waals surface area contributed by atoms with E-state index in [0.29, 0.717) is 17.5 Å². The Morgan fingerprint density at radius 1 is 1.00 bits per heavy atom. The van der Waals surface area contributed by atoms with Crippen molar-refractivity contribution in [3.05, 3.63) is 42.7 Å². The van der Waals surface area contributed by atoms with Crippen LogP contribution in [-0.4, -0.2) is 28.3 Å². The molecule has 6 heteroatoms. The maximum absolute atomic E-state index is 6.06. The van der Waals surface area contributed by atoms with Gasteiger partial charge in [0.1, 0.15) is 0 Å². The molecule has 0 spiro atoms. The standard InChI is InChI=1S/C19H19N3O3/c1-23-17-12-14(6-7-16(17)24-15-4-2-3-5-15)19-21-18(22-25-19)13-8-10-20-11-9-13/h6-12,15H,2-5H2,1H3. The summed E-state index contributed by atoms with van der Waals surface area (Å²) in [5.41, 5.74) is 1.65. The molecular formula is C19H19N3O3. The number of hydrogen-bond acceptors (Lipinski definition) is 6. The molecule has 2 aromatic heterocycles. The quantitative estimate of drug-likeness (QED) is 0.697. The van der Waals surface area contributed by atoms with Gasteiger partial charge in [-0.2, -0.15) is 4.98 Å².